The van der Waals surface area contributed by atoms with E-state index in [-0.39, 0.29) is 65.7 Å². The molecule has 3 heterocycles. The molecule has 3 rings (SSSR count). The van der Waals surface area contributed by atoms with Crippen LogP contribution < -0.4 is 45.7 Å². The van der Waals surface area contributed by atoms with E-state index < -0.39 is 42.1 Å². The van der Waals surface area contributed by atoms with Crippen molar-refractivity contribution in [1.82, 2.24) is 19.7 Å². The summed E-state index contributed by atoms with van der Waals surface area (Å²) in [6.07, 6.45) is -0.583. The van der Waals surface area contributed by atoms with Crippen molar-refractivity contribution in [2.45, 2.75) is 31.5 Å². The molecule has 2 fully saturated rings. The summed E-state index contributed by atoms with van der Waals surface area (Å²) in [5.41, 5.74) is 2.78. The Bertz CT molecular complexity index is 894. The molecule has 0 spiro atoms. The van der Waals surface area contributed by atoms with Crippen LogP contribution in [0.25, 0.3) is 0 Å². The van der Waals surface area contributed by atoms with Crippen molar-refractivity contribution in [3.8, 4) is 0 Å². The number of carboxylic acids is 1. The number of hydroxylamine groups is 2. The molecule has 2 saturated heterocycles. The number of esters is 1. The van der Waals surface area contributed by atoms with Gasteiger partial charge in [0.25, 0.3) is 17.5 Å². The molecule has 0 saturated carbocycles. The van der Waals surface area contributed by atoms with Gasteiger partial charge in [-0.05, 0) is 6.92 Å². The zero-order chi connectivity index (χ0) is 21.2. The maximum atomic E-state index is 12.6. The van der Waals surface area contributed by atoms with Crippen molar-refractivity contribution in [2.24, 2.45) is 5.16 Å². The fourth-order valence-corrected chi connectivity index (χ4v) is 3.05. The van der Waals surface area contributed by atoms with Crippen LogP contribution in [0.4, 0.5) is 5.13 Å². The number of aromatic nitrogens is 2. The maximum absolute atomic E-state index is 12.6. The van der Waals surface area contributed by atoms with E-state index in [0.717, 1.165) is 11.5 Å². The molecule has 2 atom stereocenters. The number of anilines is 1. The molecule has 1 aromatic heterocycles. The van der Waals surface area contributed by atoms with E-state index in [1.54, 1.807) is 6.92 Å². The second kappa shape index (κ2) is 9.65. The van der Waals surface area contributed by atoms with Gasteiger partial charge in [0.15, 0.2) is 5.13 Å². The molecular formula is C14H15N6NaO8S. The average molecular weight is 450 g/mol. The molecule has 2 amide bonds. The van der Waals surface area contributed by atoms with E-state index in [1.807, 2.05) is 0 Å². The van der Waals surface area contributed by atoms with Crippen molar-refractivity contribution in [2.75, 3.05) is 18.9 Å². The Balaban J connectivity index is 0.00000320. The molecule has 156 valence electrons. The van der Waals surface area contributed by atoms with E-state index in [2.05, 4.69) is 19.8 Å². The second-order valence-electron chi connectivity index (χ2n) is 5.81. The summed E-state index contributed by atoms with van der Waals surface area (Å²) in [5.74, 6) is -4.58. The number of carbonyl (C=O) groups excluding carboxylic acids is 4. The normalized spacial score (nSPS) is 23.7. The van der Waals surface area contributed by atoms with Gasteiger partial charge in [0.1, 0.15) is 25.2 Å². The summed E-state index contributed by atoms with van der Waals surface area (Å²) < 4.78 is 8.65. The third-order valence-corrected chi connectivity index (χ3v) is 4.47. The van der Waals surface area contributed by atoms with Crippen molar-refractivity contribution < 1.29 is 68.3 Å². The summed E-state index contributed by atoms with van der Waals surface area (Å²) in [5, 5.41) is 18.0. The minimum absolute atomic E-state index is 0. The Morgan fingerprint density at radius 3 is 2.77 bits per heavy atom. The smallest absolute Gasteiger partial charge is 0.544 e. The number of aliphatic carboxylic acids is 1. The first-order valence-corrected chi connectivity index (χ1v) is 9.06. The number of nitrogens with one attached hydrogen (secondary N) is 1. The minimum Gasteiger partial charge on any atom is -0.544 e. The van der Waals surface area contributed by atoms with Gasteiger partial charge in [-0.25, -0.2) is 0 Å². The molecule has 3 N–H and O–H groups in total. The third kappa shape index (κ3) is 4.54. The number of nitrogen functional groups attached to an aromatic ring is 1. The fraction of sp³-hybridized carbons (Fsp3) is 0.500. The molecule has 30 heavy (non-hydrogen) atoms. The van der Waals surface area contributed by atoms with Gasteiger partial charge in [0.2, 0.25) is 11.5 Å². The van der Waals surface area contributed by atoms with Gasteiger partial charge in [-0.2, -0.15) is 14.4 Å². The van der Waals surface area contributed by atoms with Gasteiger partial charge < -0.3 is 30.5 Å². The fourth-order valence-electron chi connectivity index (χ4n) is 2.61. The Kier molecular flexibility index (Phi) is 7.70. The standard InChI is InChI=1S/C14H16N6O8S.Na/c1-2-26-18-8(9-17-13(15)29-19-9)10(22)16-6-5-27-20(11(6)23)14(12(24)25)4-3-7(21)28-14;/h6H,2-5H2,1H3,(H,16,22)(H,24,25)(H2,15,17,19);/q;+1/p-1/t6-,14?;/m0./s1. The number of cyclic esters (lactones) is 1. The topological polar surface area (TPSA) is 198 Å². The van der Waals surface area contributed by atoms with Crippen LogP contribution >= 0.6 is 11.5 Å². The zero-order valence-corrected chi connectivity index (χ0v) is 18.8. The van der Waals surface area contributed by atoms with Crippen LogP contribution in [0.15, 0.2) is 5.16 Å². The molecule has 14 nitrogen and oxygen atoms in total. The van der Waals surface area contributed by atoms with Gasteiger partial charge in [0.05, 0.1) is 6.42 Å². The monoisotopic (exact) mass is 450 g/mol. The predicted molar refractivity (Wildman–Crippen MR) is 90.3 cm³/mol. The van der Waals surface area contributed by atoms with Gasteiger partial charge in [-0.3, -0.25) is 19.2 Å². The summed E-state index contributed by atoms with van der Waals surface area (Å²) in [7, 11) is 0. The van der Waals surface area contributed by atoms with E-state index in [0.29, 0.717) is 5.06 Å². The molecule has 2 aliphatic heterocycles. The van der Waals surface area contributed by atoms with Gasteiger partial charge in [-0.15, -0.1) is 0 Å². The number of amides is 2. The second-order valence-corrected chi connectivity index (χ2v) is 6.60. The quantitative estimate of drug-likeness (QED) is 0.173. The molecule has 0 aliphatic carbocycles. The van der Waals surface area contributed by atoms with E-state index in [1.165, 1.54) is 0 Å². The number of ether oxygens (including phenoxy) is 1. The van der Waals surface area contributed by atoms with Crippen molar-refractivity contribution >= 4 is 46.1 Å². The number of hydrogen-bond donors (Lipinski definition) is 2. The summed E-state index contributed by atoms with van der Waals surface area (Å²) in [4.78, 5) is 61.9. The average Bonchev–Trinajstić information content (AvgIpc) is 3.36. The van der Waals surface area contributed by atoms with Crippen LogP contribution in [0.3, 0.4) is 0 Å². The third-order valence-electron chi connectivity index (χ3n) is 3.93. The first-order chi connectivity index (χ1) is 13.8. The SMILES string of the molecule is CCON=C(C(=O)N[C@H]1CON(C2(C(=O)[O-])CCC(=O)O2)C1=O)c1nsc(N)n1.[Na+]. The first kappa shape index (κ1) is 23.9. The Labute approximate surface area is 195 Å². The summed E-state index contributed by atoms with van der Waals surface area (Å²) in [6.45, 7) is 1.37. The number of carboxylic acid groups (broad SMARTS) is 1. The number of carbonyl (C=O) groups is 4. The van der Waals surface area contributed by atoms with Gasteiger partial charge in [0, 0.05) is 18.0 Å². The maximum Gasteiger partial charge on any atom is 1.00 e. The van der Waals surface area contributed by atoms with Crippen LogP contribution in [0.1, 0.15) is 25.6 Å². The Hall–Kier alpha value is -2.33. The van der Waals surface area contributed by atoms with Gasteiger partial charge >= 0.3 is 35.5 Å². The number of hydrogen-bond acceptors (Lipinski definition) is 13. The first-order valence-electron chi connectivity index (χ1n) is 8.29. The van der Waals surface area contributed by atoms with E-state index >= 15 is 0 Å². The van der Waals surface area contributed by atoms with Crippen molar-refractivity contribution in [3.05, 3.63) is 5.82 Å². The van der Waals surface area contributed by atoms with Crippen molar-refractivity contribution in [3.63, 3.8) is 0 Å². The molecule has 0 radical (unpaired) electrons. The van der Waals surface area contributed by atoms with Crippen LogP contribution in [0.5, 0.6) is 0 Å². The predicted octanol–water partition coefficient (Wildman–Crippen LogP) is -6.09. The molecule has 16 heteroatoms. The summed E-state index contributed by atoms with van der Waals surface area (Å²) in [6, 6.07) is -1.29. The Morgan fingerprint density at radius 2 is 2.23 bits per heavy atom. The molecule has 0 bridgehead atoms. The molecule has 0 aromatic carbocycles. The number of nitrogens with two attached hydrogens (primary N) is 1. The largest absolute Gasteiger partial charge is 1.00 e. The number of oxime groups is 1. The van der Waals surface area contributed by atoms with Crippen LogP contribution in [-0.2, 0) is 33.6 Å². The summed E-state index contributed by atoms with van der Waals surface area (Å²) >= 11 is 0.827. The minimum atomic E-state index is -2.39. The number of nitrogens with zero attached hydrogens (tertiary/aromatic N) is 4. The van der Waals surface area contributed by atoms with E-state index in [4.69, 9.17) is 20.1 Å². The van der Waals surface area contributed by atoms with Crippen molar-refractivity contribution in [1.29, 1.82) is 0 Å². The van der Waals surface area contributed by atoms with Crippen LogP contribution in [0.2, 0.25) is 0 Å². The molecular weight excluding hydrogens is 435 g/mol. The number of rotatable bonds is 7. The van der Waals surface area contributed by atoms with Crippen LogP contribution in [-0.4, -0.2) is 68.9 Å². The molecule has 1 aromatic rings. The Morgan fingerprint density at radius 1 is 1.50 bits per heavy atom. The van der Waals surface area contributed by atoms with Crippen LogP contribution in [0, 0.1) is 0 Å². The van der Waals surface area contributed by atoms with Gasteiger partial charge in [-0.1, -0.05) is 5.16 Å². The zero-order valence-electron chi connectivity index (χ0n) is 15.9. The molecule has 2 aliphatic rings. The molecule has 1 unspecified atom stereocenters. The van der Waals surface area contributed by atoms with E-state index in [9.17, 15) is 24.3 Å².